The summed E-state index contributed by atoms with van der Waals surface area (Å²) in [5.74, 6) is 0.822. The number of hydrogen-bond donors (Lipinski definition) is 2. The molecule has 23 heavy (non-hydrogen) atoms. The van der Waals surface area contributed by atoms with Gasteiger partial charge in [-0.25, -0.2) is 0 Å². The minimum absolute atomic E-state index is 0.0433. The van der Waals surface area contributed by atoms with E-state index in [1.54, 1.807) is 38.4 Å². The molecule has 0 aliphatic heterocycles. The largest absolute Gasteiger partial charge is 0.497 e. The van der Waals surface area contributed by atoms with E-state index in [0.717, 1.165) is 44.3 Å². The standard InChI is InChI=1S/C18H28N2O3/c1-19-17(21)9-7-5-3-4-6-8-14-20-18(22)15-10-12-16(23-2)13-11-15/h10-13H,3-9,14H2,1-2H3,(H,19,21)(H,20,22). The van der Waals surface area contributed by atoms with Gasteiger partial charge in [0.2, 0.25) is 5.91 Å². The molecule has 5 heteroatoms. The highest BCUT2D eigenvalue weighted by molar-refractivity contribution is 5.94. The molecule has 0 saturated heterocycles. The Morgan fingerprint density at radius 1 is 0.957 bits per heavy atom. The van der Waals surface area contributed by atoms with Crippen LogP contribution in [-0.2, 0) is 4.79 Å². The summed E-state index contributed by atoms with van der Waals surface area (Å²) in [7, 11) is 3.27. The zero-order valence-corrected chi connectivity index (χ0v) is 14.2. The van der Waals surface area contributed by atoms with E-state index in [-0.39, 0.29) is 11.8 Å². The van der Waals surface area contributed by atoms with E-state index in [1.807, 2.05) is 0 Å². The summed E-state index contributed by atoms with van der Waals surface area (Å²) in [6.07, 6.45) is 7.03. The normalized spacial score (nSPS) is 10.2. The van der Waals surface area contributed by atoms with Crippen LogP contribution in [0, 0.1) is 0 Å². The number of ether oxygens (including phenoxy) is 1. The fourth-order valence-corrected chi connectivity index (χ4v) is 2.29. The maximum atomic E-state index is 11.9. The molecule has 0 spiro atoms. The van der Waals surface area contributed by atoms with Crippen LogP contribution in [0.4, 0.5) is 0 Å². The van der Waals surface area contributed by atoms with Gasteiger partial charge in [-0.3, -0.25) is 9.59 Å². The third-order valence-electron chi connectivity index (χ3n) is 3.75. The van der Waals surface area contributed by atoms with Crippen LogP contribution >= 0.6 is 0 Å². The van der Waals surface area contributed by atoms with E-state index in [4.69, 9.17) is 4.74 Å². The molecular weight excluding hydrogens is 292 g/mol. The molecule has 0 fully saturated rings. The number of hydrogen-bond acceptors (Lipinski definition) is 3. The van der Waals surface area contributed by atoms with Crippen LogP contribution in [0.25, 0.3) is 0 Å². The molecule has 0 aliphatic carbocycles. The van der Waals surface area contributed by atoms with Crippen molar-refractivity contribution in [2.75, 3.05) is 20.7 Å². The molecule has 0 atom stereocenters. The van der Waals surface area contributed by atoms with E-state index in [2.05, 4.69) is 10.6 Å². The van der Waals surface area contributed by atoms with Crippen LogP contribution in [0.5, 0.6) is 5.75 Å². The maximum Gasteiger partial charge on any atom is 0.251 e. The Morgan fingerprint density at radius 3 is 2.17 bits per heavy atom. The quantitative estimate of drug-likeness (QED) is 0.616. The smallest absolute Gasteiger partial charge is 0.251 e. The van der Waals surface area contributed by atoms with Crippen LogP contribution in [-0.4, -0.2) is 32.5 Å². The lowest BCUT2D eigenvalue weighted by atomic mass is 10.1. The zero-order valence-electron chi connectivity index (χ0n) is 14.2. The van der Waals surface area contributed by atoms with Crippen LogP contribution < -0.4 is 15.4 Å². The second-order valence-electron chi connectivity index (χ2n) is 5.53. The second kappa shape index (κ2) is 11.5. The molecule has 0 unspecified atom stereocenters. The van der Waals surface area contributed by atoms with Crippen molar-refractivity contribution < 1.29 is 14.3 Å². The summed E-state index contributed by atoms with van der Waals surface area (Å²) in [4.78, 5) is 23.0. The molecule has 0 bridgehead atoms. The van der Waals surface area contributed by atoms with Crippen molar-refractivity contribution in [1.82, 2.24) is 10.6 Å². The van der Waals surface area contributed by atoms with Gasteiger partial charge < -0.3 is 15.4 Å². The molecule has 2 amide bonds. The molecule has 1 aromatic carbocycles. The van der Waals surface area contributed by atoms with E-state index in [9.17, 15) is 9.59 Å². The number of amides is 2. The molecule has 0 radical (unpaired) electrons. The van der Waals surface area contributed by atoms with Gasteiger partial charge in [0.1, 0.15) is 5.75 Å². The third kappa shape index (κ3) is 8.24. The van der Waals surface area contributed by atoms with E-state index in [1.165, 1.54) is 0 Å². The fourth-order valence-electron chi connectivity index (χ4n) is 2.29. The van der Waals surface area contributed by atoms with Crippen LogP contribution in [0.1, 0.15) is 55.3 Å². The van der Waals surface area contributed by atoms with Crippen LogP contribution in [0.3, 0.4) is 0 Å². The number of carbonyl (C=O) groups excluding carboxylic acids is 2. The predicted octanol–water partition coefficient (Wildman–Crippen LogP) is 2.90. The molecule has 1 rings (SSSR count). The first-order valence-corrected chi connectivity index (χ1v) is 8.30. The number of unbranched alkanes of at least 4 members (excludes halogenated alkanes) is 5. The average molecular weight is 320 g/mol. The van der Waals surface area contributed by atoms with Crippen molar-refractivity contribution in [3.8, 4) is 5.75 Å². The SMILES string of the molecule is CNC(=O)CCCCCCCCNC(=O)c1ccc(OC)cc1. The van der Waals surface area contributed by atoms with Gasteiger partial charge >= 0.3 is 0 Å². The molecule has 0 aromatic heterocycles. The van der Waals surface area contributed by atoms with E-state index < -0.39 is 0 Å². The zero-order chi connectivity index (χ0) is 16.9. The summed E-state index contributed by atoms with van der Waals surface area (Å²) in [5.41, 5.74) is 0.653. The Bertz CT molecular complexity index is 472. The Morgan fingerprint density at radius 2 is 1.57 bits per heavy atom. The first-order chi connectivity index (χ1) is 11.2. The van der Waals surface area contributed by atoms with Gasteiger partial charge in [0.05, 0.1) is 7.11 Å². The fraction of sp³-hybridized carbons (Fsp3) is 0.556. The van der Waals surface area contributed by atoms with Gasteiger partial charge in [-0.2, -0.15) is 0 Å². The molecule has 2 N–H and O–H groups in total. The first kappa shape index (κ1) is 19.0. The summed E-state index contributed by atoms with van der Waals surface area (Å²) >= 11 is 0. The summed E-state index contributed by atoms with van der Waals surface area (Å²) in [6, 6.07) is 7.10. The lowest BCUT2D eigenvalue weighted by Crippen LogP contribution is -2.24. The van der Waals surface area contributed by atoms with Gasteiger partial charge in [-0.1, -0.05) is 25.7 Å². The number of carbonyl (C=O) groups is 2. The van der Waals surface area contributed by atoms with Crippen molar-refractivity contribution in [1.29, 1.82) is 0 Å². The molecule has 0 heterocycles. The van der Waals surface area contributed by atoms with Crippen molar-refractivity contribution in [2.24, 2.45) is 0 Å². The van der Waals surface area contributed by atoms with Gasteiger partial charge in [0, 0.05) is 25.6 Å². The van der Waals surface area contributed by atoms with E-state index >= 15 is 0 Å². The summed E-state index contributed by atoms with van der Waals surface area (Å²) in [6.45, 7) is 0.698. The monoisotopic (exact) mass is 320 g/mol. The highest BCUT2D eigenvalue weighted by Crippen LogP contribution is 2.11. The van der Waals surface area contributed by atoms with Crippen LogP contribution in [0.2, 0.25) is 0 Å². The minimum Gasteiger partial charge on any atom is -0.497 e. The Labute approximate surface area is 138 Å². The third-order valence-corrected chi connectivity index (χ3v) is 3.75. The molecule has 0 saturated carbocycles. The molecule has 5 nitrogen and oxygen atoms in total. The maximum absolute atomic E-state index is 11.9. The van der Waals surface area contributed by atoms with E-state index in [0.29, 0.717) is 18.5 Å². The lowest BCUT2D eigenvalue weighted by molar-refractivity contribution is -0.120. The van der Waals surface area contributed by atoms with Crippen molar-refractivity contribution >= 4 is 11.8 Å². The molecule has 1 aromatic rings. The van der Waals surface area contributed by atoms with Crippen molar-refractivity contribution in [2.45, 2.75) is 44.9 Å². The molecule has 0 aliphatic rings. The van der Waals surface area contributed by atoms with Gasteiger partial charge in [-0.05, 0) is 37.1 Å². The number of benzene rings is 1. The second-order valence-corrected chi connectivity index (χ2v) is 5.53. The topological polar surface area (TPSA) is 67.4 Å². The van der Waals surface area contributed by atoms with Crippen molar-refractivity contribution in [3.05, 3.63) is 29.8 Å². The summed E-state index contributed by atoms with van der Waals surface area (Å²) < 4.78 is 5.07. The summed E-state index contributed by atoms with van der Waals surface area (Å²) in [5, 5.41) is 5.56. The minimum atomic E-state index is -0.0433. The Hall–Kier alpha value is -2.04. The first-order valence-electron chi connectivity index (χ1n) is 8.30. The Balaban J connectivity index is 2.01. The van der Waals surface area contributed by atoms with Crippen LogP contribution in [0.15, 0.2) is 24.3 Å². The number of rotatable bonds is 11. The average Bonchev–Trinajstić information content (AvgIpc) is 2.59. The van der Waals surface area contributed by atoms with Crippen molar-refractivity contribution in [3.63, 3.8) is 0 Å². The highest BCUT2D eigenvalue weighted by Gasteiger charge is 2.04. The highest BCUT2D eigenvalue weighted by atomic mass is 16.5. The molecular formula is C18H28N2O3. The number of nitrogens with one attached hydrogen (secondary N) is 2. The molecule has 128 valence electrons. The number of methoxy groups -OCH3 is 1. The van der Waals surface area contributed by atoms with Gasteiger partial charge in [0.15, 0.2) is 0 Å². The van der Waals surface area contributed by atoms with Gasteiger partial charge in [0.25, 0.3) is 5.91 Å². The predicted molar refractivity (Wildman–Crippen MR) is 91.7 cm³/mol. The van der Waals surface area contributed by atoms with Gasteiger partial charge in [-0.15, -0.1) is 0 Å². The Kier molecular flexibility index (Phi) is 9.52. The lowest BCUT2D eigenvalue weighted by Gasteiger charge is -2.06.